The van der Waals surface area contributed by atoms with Crippen LogP contribution in [0, 0.1) is 0 Å². The van der Waals surface area contributed by atoms with Gasteiger partial charge in [-0.05, 0) is 18.9 Å². The van der Waals surface area contributed by atoms with Crippen LogP contribution >= 0.6 is 0 Å². The Bertz CT molecular complexity index is 1370. The lowest BCUT2D eigenvalue weighted by Gasteiger charge is -2.50. The van der Waals surface area contributed by atoms with Gasteiger partial charge in [-0.2, -0.15) is 0 Å². The minimum atomic E-state index is -1.93. The molecule has 0 saturated carbocycles. The van der Waals surface area contributed by atoms with Gasteiger partial charge in [0.15, 0.2) is 25.2 Å². The van der Waals surface area contributed by atoms with Gasteiger partial charge in [0, 0.05) is 13.5 Å². The number of hydrogen-bond donors (Lipinski definition) is 11. The maximum Gasteiger partial charge on any atom is 0.217 e. The van der Waals surface area contributed by atoms with E-state index < -0.39 is 148 Å². The summed E-state index contributed by atoms with van der Waals surface area (Å²) in [5.74, 6) is -0.691. The fourth-order valence-corrected chi connectivity index (χ4v) is 7.14. The van der Waals surface area contributed by atoms with E-state index in [1.807, 2.05) is 13.0 Å². The van der Waals surface area contributed by atoms with Crippen molar-refractivity contribution in [1.29, 1.82) is 0 Å². The van der Waals surface area contributed by atoms with E-state index in [9.17, 15) is 55.9 Å². The molecule has 5 rings (SSSR count). The highest BCUT2D eigenvalue weighted by Gasteiger charge is 2.56. The summed E-state index contributed by atoms with van der Waals surface area (Å²) in [5, 5.41) is 109. The molecule has 0 unspecified atom stereocenters. The molecule has 0 aromatic heterocycles. The molecule has 21 heteroatoms. The molecule has 0 spiro atoms. The molecule has 4 heterocycles. The van der Waals surface area contributed by atoms with Crippen molar-refractivity contribution >= 4 is 5.91 Å². The summed E-state index contributed by atoms with van der Waals surface area (Å²) in [4.78, 5) is 12.7. The second-order valence-electron chi connectivity index (χ2n) is 14.5. The van der Waals surface area contributed by atoms with Crippen molar-refractivity contribution in [2.24, 2.45) is 0 Å². The topological polar surface area (TPSA) is 314 Å². The molecule has 1 amide bonds. The van der Waals surface area contributed by atoms with E-state index in [1.54, 1.807) is 24.3 Å². The minimum absolute atomic E-state index is 0.00360. The predicted molar refractivity (Wildman–Crippen MR) is 187 cm³/mol. The Kier molecular flexibility index (Phi) is 16.9. The van der Waals surface area contributed by atoms with Crippen molar-refractivity contribution in [1.82, 2.24) is 5.32 Å². The smallest absolute Gasteiger partial charge is 0.217 e. The van der Waals surface area contributed by atoms with Gasteiger partial charge in [0.25, 0.3) is 0 Å². The Hall–Kier alpha value is -2.07. The third-order valence-electron chi connectivity index (χ3n) is 10.3. The van der Waals surface area contributed by atoms with Crippen LogP contribution in [0.2, 0.25) is 0 Å². The molecule has 11 N–H and O–H groups in total. The van der Waals surface area contributed by atoms with Gasteiger partial charge in [0.2, 0.25) is 5.91 Å². The van der Waals surface area contributed by atoms with Gasteiger partial charge in [-0.25, -0.2) is 0 Å². The number of carbonyl (C=O) groups excluding carboxylic acids is 1. The van der Waals surface area contributed by atoms with E-state index in [2.05, 4.69) is 5.32 Å². The molecule has 0 radical (unpaired) electrons. The van der Waals surface area contributed by atoms with E-state index >= 15 is 0 Å². The Balaban J connectivity index is 1.48. The van der Waals surface area contributed by atoms with Crippen LogP contribution in [0.15, 0.2) is 30.3 Å². The lowest BCUT2D eigenvalue weighted by atomic mass is 9.94. The van der Waals surface area contributed by atoms with Crippen molar-refractivity contribution < 1.29 is 98.5 Å². The SMILES string of the molecule is CCCO[C@H]1O[C@H](CO)[C@H](O)[C@H](O[C@@H]2O[C@H](CO)[C@H](O)[C@H](O[C@@H]3O[C@H](CO)[C@H](O)[C@H](O)[C@H]3O[C@@H]3O[C@@H](C)[C@@H](O)[C@@H](O)[C@@H]3O)[C@H]2NC(C)=O)[C@H]1OCc1ccccc1. The summed E-state index contributed by atoms with van der Waals surface area (Å²) in [5.41, 5.74) is 0.746. The van der Waals surface area contributed by atoms with Crippen LogP contribution in [-0.4, -0.2) is 206 Å². The van der Waals surface area contributed by atoms with Crippen molar-refractivity contribution in [3.05, 3.63) is 35.9 Å². The second-order valence-corrected chi connectivity index (χ2v) is 14.5. The fraction of sp³-hybridized carbons (Fsp3) is 0.806. The minimum Gasteiger partial charge on any atom is -0.394 e. The molecule has 4 fully saturated rings. The molecular weight excluding hydrogens is 766 g/mol. The van der Waals surface area contributed by atoms with Gasteiger partial charge < -0.3 is 99.0 Å². The maximum absolute atomic E-state index is 12.7. The summed E-state index contributed by atoms with van der Waals surface area (Å²) < 4.78 is 53.7. The van der Waals surface area contributed by atoms with E-state index in [0.29, 0.717) is 6.42 Å². The predicted octanol–water partition coefficient (Wildman–Crippen LogP) is -4.92. The number of hydrogen-bond acceptors (Lipinski definition) is 20. The van der Waals surface area contributed by atoms with Gasteiger partial charge in [-0.15, -0.1) is 0 Å². The van der Waals surface area contributed by atoms with Gasteiger partial charge in [0.1, 0.15) is 91.5 Å². The van der Waals surface area contributed by atoms with E-state index in [4.69, 9.17) is 42.6 Å². The lowest BCUT2D eigenvalue weighted by Crippen LogP contribution is -2.70. The van der Waals surface area contributed by atoms with Crippen LogP contribution in [0.25, 0.3) is 0 Å². The highest BCUT2D eigenvalue weighted by atomic mass is 16.8. The highest BCUT2D eigenvalue weighted by molar-refractivity contribution is 5.73. The highest BCUT2D eigenvalue weighted by Crippen LogP contribution is 2.36. The average Bonchev–Trinajstić information content (AvgIpc) is 3.20. The average molecular weight is 824 g/mol. The molecule has 0 bridgehead atoms. The van der Waals surface area contributed by atoms with Gasteiger partial charge in [-0.3, -0.25) is 4.79 Å². The molecule has 4 saturated heterocycles. The number of rotatable bonds is 16. The van der Waals surface area contributed by atoms with Gasteiger partial charge in [-0.1, -0.05) is 37.3 Å². The molecule has 4 aliphatic rings. The van der Waals surface area contributed by atoms with Crippen LogP contribution in [0.1, 0.15) is 32.8 Å². The van der Waals surface area contributed by atoms with Crippen molar-refractivity contribution in [2.75, 3.05) is 26.4 Å². The van der Waals surface area contributed by atoms with Crippen LogP contribution in [-0.2, 0) is 54.0 Å². The number of nitrogens with one attached hydrogen (secondary N) is 1. The first-order chi connectivity index (χ1) is 27.2. The Morgan fingerprint density at radius 1 is 0.614 bits per heavy atom. The van der Waals surface area contributed by atoms with Gasteiger partial charge in [0.05, 0.1) is 32.5 Å². The molecule has 0 aliphatic carbocycles. The van der Waals surface area contributed by atoms with Crippen LogP contribution in [0.4, 0.5) is 0 Å². The van der Waals surface area contributed by atoms with E-state index in [1.165, 1.54) is 6.92 Å². The summed E-state index contributed by atoms with van der Waals surface area (Å²) in [6, 6.07) is 7.49. The second kappa shape index (κ2) is 20.9. The van der Waals surface area contributed by atoms with Crippen molar-refractivity contribution in [2.45, 2.75) is 157 Å². The standard InChI is InChI=1S/C36H57NO20/c1-4-10-49-35-32(50-14-17-8-6-5-7-9-17)30(25(45)20(13-40)53-35)56-33-21(37-16(3)41)29(24(44)19(12-39)52-33)55-36-31(27(47)23(43)18(11-38)54-36)57-34-28(48)26(46)22(42)15(2)51-34/h5-9,15,18-36,38-40,42-48H,4,10-14H2,1-3H3,(H,37,41)/t15-,18+,19+,20+,21+,22+,23-,24-,25-,26+,27-,28-,29+,30-,31+,32+,33-,34-,35-,36-/m0/s1. The first-order valence-electron chi connectivity index (χ1n) is 19.0. The molecule has 1 aromatic carbocycles. The third kappa shape index (κ3) is 10.6. The van der Waals surface area contributed by atoms with Crippen LogP contribution in [0.3, 0.4) is 0 Å². The zero-order chi connectivity index (χ0) is 41.6. The Labute approximate surface area is 328 Å². The van der Waals surface area contributed by atoms with E-state index in [0.717, 1.165) is 12.5 Å². The number of ether oxygens (including phenoxy) is 9. The summed E-state index contributed by atoms with van der Waals surface area (Å²) >= 11 is 0. The molecule has 1 aromatic rings. The monoisotopic (exact) mass is 823 g/mol. The molecule has 4 aliphatic heterocycles. The van der Waals surface area contributed by atoms with Crippen LogP contribution < -0.4 is 5.32 Å². The summed E-state index contributed by atoms with van der Waals surface area (Å²) in [6.45, 7) is 2.22. The summed E-state index contributed by atoms with van der Waals surface area (Å²) in [7, 11) is 0. The van der Waals surface area contributed by atoms with Crippen molar-refractivity contribution in [3.63, 3.8) is 0 Å². The van der Waals surface area contributed by atoms with Crippen molar-refractivity contribution in [3.8, 4) is 0 Å². The summed E-state index contributed by atoms with van der Waals surface area (Å²) in [6.07, 6.45) is -29.6. The molecule has 326 valence electrons. The number of aliphatic hydroxyl groups is 10. The first kappa shape index (κ1) is 46.0. The number of benzene rings is 1. The molecule has 21 nitrogen and oxygen atoms in total. The zero-order valence-electron chi connectivity index (χ0n) is 31.7. The maximum atomic E-state index is 12.7. The first-order valence-corrected chi connectivity index (χ1v) is 19.0. The van der Waals surface area contributed by atoms with Crippen LogP contribution in [0.5, 0.6) is 0 Å². The largest absolute Gasteiger partial charge is 0.394 e. The number of aliphatic hydroxyl groups excluding tert-OH is 10. The Morgan fingerprint density at radius 2 is 1.18 bits per heavy atom. The fourth-order valence-electron chi connectivity index (χ4n) is 7.14. The molecule has 20 atom stereocenters. The molecular formula is C36H57NO20. The molecule has 57 heavy (non-hydrogen) atoms. The zero-order valence-corrected chi connectivity index (χ0v) is 31.7. The number of amides is 1. The van der Waals surface area contributed by atoms with E-state index in [-0.39, 0.29) is 13.2 Å². The Morgan fingerprint density at radius 3 is 1.79 bits per heavy atom. The third-order valence-corrected chi connectivity index (χ3v) is 10.3. The normalized spacial score (nSPS) is 44.1. The quantitative estimate of drug-likeness (QED) is 0.0744. The number of carbonyl (C=O) groups is 1. The lowest BCUT2D eigenvalue weighted by molar-refractivity contribution is -0.387. The van der Waals surface area contributed by atoms with Gasteiger partial charge >= 0.3 is 0 Å².